The maximum Gasteiger partial charge on any atom is 0.259 e. The van der Waals surface area contributed by atoms with Crippen LogP contribution in [-0.2, 0) is 6.54 Å². The van der Waals surface area contributed by atoms with Crippen molar-refractivity contribution in [3.63, 3.8) is 0 Å². The standard InChI is InChI=1S/C19H25N3O4/c1-12(2)10-22-11-14(19(25)21-8-6-13(23)7-9-21)18(24)17-15(22)4-5-16(20-17)26-3/h4-5,11-13,23H,6-10H2,1-3H3. The molecule has 2 aromatic heterocycles. The highest BCUT2D eigenvalue weighted by Crippen LogP contribution is 2.18. The lowest BCUT2D eigenvalue weighted by Crippen LogP contribution is -2.42. The van der Waals surface area contributed by atoms with Crippen molar-refractivity contribution in [1.82, 2.24) is 14.5 Å². The molecule has 0 aliphatic carbocycles. The fourth-order valence-electron chi connectivity index (χ4n) is 3.29. The van der Waals surface area contributed by atoms with Crippen LogP contribution in [0, 0.1) is 5.92 Å². The molecule has 1 amide bonds. The number of aliphatic hydroxyl groups is 1. The van der Waals surface area contributed by atoms with Crippen LogP contribution in [0.2, 0.25) is 0 Å². The van der Waals surface area contributed by atoms with Gasteiger partial charge in [-0.3, -0.25) is 9.59 Å². The van der Waals surface area contributed by atoms with Gasteiger partial charge in [0.1, 0.15) is 11.1 Å². The zero-order valence-corrected chi connectivity index (χ0v) is 15.4. The van der Waals surface area contributed by atoms with Gasteiger partial charge in [0.05, 0.1) is 18.7 Å². The number of hydrogen-bond acceptors (Lipinski definition) is 5. The molecule has 1 aliphatic rings. The topological polar surface area (TPSA) is 84.7 Å². The first-order chi connectivity index (χ1) is 12.4. The molecule has 3 rings (SSSR count). The van der Waals surface area contributed by atoms with Gasteiger partial charge in [0.2, 0.25) is 11.3 Å². The molecule has 3 heterocycles. The molecule has 0 radical (unpaired) electrons. The van der Waals surface area contributed by atoms with Crippen LogP contribution in [0.3, 0.4) is 0 Å². The van der Waals surface area contributed by atoms with Crippen molar-refractivity contribution in [3.05, 3.63) is 34.1 Å². The number of fused-ring (bicyclic) bond motifs is 1. The highest BCUT2D eigenvalue weighted by molar-refractivity contribution is 5.96. The molecule has 1 aliphatic heterocycles. The van der Waals surface area contributed by atoms with Crippen molar-refractivity contribution in [2.24, 2.45) is 5.92 Å². The van der Waals surface area contributed by atoms with E-state index in [1.807, 2.05) is 4.57 Å². The van der Waals surface area contributed by atoms with Gasteiger partial charge >= 0.3 is 0 Å². The van der Waals surface area contributed by atoms with E-state index in [0.717, 1.165) is 0 Å². The average Bonchev–Trinajstić information content (AvgIpc) is 2.63. The third-order valence-electron chi connectivity index (χ3n) is 4.66. The van der Waals surface area contributed by atoms with Crippen molar-refractivity contribution in [1.29, 1.82) is 0 Å². The van der Waals surface area contributed by atoms with E-state index in [0.29, 0.717) is 49.8 Å². The lowest BCUT2D eigenvalue weighted by Gasteiger charge is -2.29. The van der Waals surface area contributed by atoms with Crippen molar-refractivity contribution in [3.8, 4) is 5.88 Å². The van der Waals surface area contributed by atoms with Crippen LogP contribution in [-0.4, -0.2) is 51.8 Å². The van der Waals surface area contributed by atoms with E-state index in [-0.39, 0.29) is 28.5 Å². The van der Waals surface area contributed by atoms with E-state index < -0.39 is 0 Å². The van der Waals surface area contributed by atoms with Crippen molar-refractivity contribution >= 4 is 16.9 Å². The summed E-state index contributed by atoms with van der Waals surface area (Å²) >= 11 is 0. The molecule has 2 aromatic rings. The molecular weight excluding hydrogens is 334 g/mol. The van der Waals surface area contributed by atoms with Crippen LogP contribution in [0.25, 0.3) is 11.0 Å². The Morgan fingerprint density at radius 1 is 1.35 bits per heavy atom. The smallest absolute Gasteiger partial charge is 0.259 e. The van der Waals surface area contributed by atoms with Gasteiger partial charge in [0, 0.05) is 31.9 Å². The van der Waals surface area contributed by atoms with Crippen LogP contribution in [0.15, 0.2) is 23.1 Å². The summed E-state index contributed by atoms with van der Waals surface area (Å²) in [7, 11) is 1.49. The second-order valence-corrected chi connectivity index (χ2v) is 7.16. The van der Waals surface area contributed by atoms with Gasteiger partial charge < -0.3 is 19.3 Å². The number of hydrogen-bond donors (Lipinski definition) is 1. The largest absolute Gasteiger partial charge is 0.481 e. The Labute approximate surface area is 152 Å². The minimum absolute atomic E-state index is 0.121. The van der Waals surface area contributed by atoms with E-state index >= 15 is 0 Å². The molecule has 1 fully saturated rings. The Balaban J connectivity index is 2.10. The lowest BCUT2D eigenvalue weighted by molar-refractivity contribution is 0.0545. The Bertz CT molecular complexity index is 867. The molecule has 7 nitrogen and oxygen atoms in total. The molecule has 1 saturated heterocycles. The van der Waals surface area contributed by atoms with Gasteiger partial charge in [-0.15, -0.1) is 0 Å². The van der Waals surface area contributed by atoms with Crippen LogP contribution in [0.5, 0.6) is 5.88 Å². The first-order valence-electron chi connectivity index (χ1n) is 8.96. The van der Waals surface area contributed by atoms with E-state index in [1.165, 1.54) is 7.11 Å². The van der Waals surface area contributed by atoms with E-state index in [9.17, 15) is 14.7 Å². The molecule has 0 bridgehead atoms. The molecule has 0 atom stereocenters. The molecule has 0 saturated carbocycles. The molecule has 0 aromatic carbocycles. The van der Waals surface area contributed by atoms with Gasteiger partial charge in [-0.1, -0.05) is 13.8 Å². The predicted octanol–water partition coefficient (Wildman–Crippen LogP) is 1.66. The summed E-state index contributed by atoms with van der Waals surface area (Å²) in [6, 6.07) is 3.52. The van der Waals surface area contributed by atoms with Gasteiger partial charge in [0.25, 0.3) is 5.91 Å². The summed E-state index contributed by atoms with van der Waals surface area (Å²) in [5.74, 6) is 0.387. The summed E-state index contributed by atoms with van der Waals surface area (Å²) in [4.78, 5) is 31.8. The second-order valence-electron chi connectivity index (χ2n) is 7.16. The third kappa shape index (κ3) is 3.58. The Hall–Kier alpha value is -2.41. The SMILES string of the molecule is COc1ccc2c(n1)c(=O)c(C(=O)N1CCC(O)CC1)cn2CC(C)C. The summed E-state index contributed by atoms with van der Waals surface area (Å²) < 4.78 is 7.06. The minimum atomic E-state index is -0.380. The quantitative estimate of drug-likeness (QED) is 0.897. The molecule has 26 heavy (non-hydrogen) atoms. The normalized spacial score (nSPS) is 15.7. The van der Waals surface area contributed by atoms with Crippen molar-refractivity contribution < 1.29 is 14.6 Å². The molecule has 1 N–H and O–H groups in total. The zero-order chi connectivity index (χ0) is 18.8. The zero-order valence-electron chi connectivity index (χ0n) is 15.4. The molecule has 7 heteroatoms. The number of methoxy groups -OCH3 is 1. The first-order valence-corrected chi connectivity index (χ1v) is 8.96. The summed E-state index contributed by atoms with van der Waals surface area (Å²) in [5, 5.41) is 9.65. The predicted molar refractivity (Wildman–Crippen MR) is 98.5 cm³/mol. The maximum atomic E-state index is 13.0. The van der Waals surface area contributed by atoms with Gasteiger partial charge in [-0.2, -0.15) is 0 Å². The van der Waals surface area contributed by atoms with Gasteiger partial charge in [0.15, 0.2) is 0 Å². The van der Waals surface area contributed by atoms with Crippen LogP contribution >= 0.6 is 0 Å². The molecule has 140 valence electrons. The van der Waals surface area contributed by atoms with Crippen molar-refractivity contribution in [2.75, 3.05) is 20.2 Å². The number of piperidine rings is 1. The van der Waals surface area contributed by atoms with Gasteiger partial charge in [-0.25, -0.2) is 4.98 Å². The van der Waals surface area contributed by atoms with Crippen LogP contribution in [0.4, 0.5) is 0 Å². The number of carbonyl (C=O) groups is 1. The van der Waals surface area contributed by atoms with Gasteiger partial charge in [-0.05, 0) is 24.8 Å². The van der Waals surface area contributed by atoms with Crippen molar-refractivity contribution in [2.45, 2.75) is 39.3 Å². The first kappa shape index (κ1) is 18.4. The maximum absolute atomic E-state index is 13.0. The van der Waals surface area contributed by atoms with E-state index in [1.54, 1.807) is 23.2 Å². The fourth-order valence-corrected chi connectivity index (χ4v) is 3.29. The Morgan fingerprint density at radius 2 is 2.04 bits per heavy atom. The van der Waals surface area contributed by atoms with E-state index in [2.05, 4.69) is 18.8 Å². The summed E-state index contributed by atoms with van der Waals surface area (Å²) in [6.07, 6.45) is 2.34. The number of carbonyl (C=O) groups excluding carboxylic acids is 1. The summed E-state index contributed by atoms with van der Waals surface area (Å²) in [5.41, 5.74) is 0.674. The molecule has 0 spiro atoms. The molecular formula is C19H25N3O4. The summed E-state index contributed by atoms with van der Waals surface area (Å²) in [6.45, 7) is 5.73. The number of aromatic nitrogens is 2. The molecule has 0 unspecified atom stereocenters. The van der Waals surface area contributed by atoms with Crippen LogP contribution in [0.1, 0.15) is 37.0 Å². The fraction of sp³-hybridized carbons (Fsp3) is 0.526. The van der Waals surface area contributed by atoms with E-state index in [4.69, 9.17) is 4.74 Å². The number of aliphatic hydroxyl groups excluding tert-OH is 1. The number of rotatable bonds is 4. The van der Waals surface area contributed by atoms with Crippen LogP contribution < -0.4 is 10.2 Å². The highest BCUT2D eigenvalue weighted by atomic mass is 16.5. The monoisotopic (exact) mass is 359 g/mol. The highest BCUT2D eigenvalue weighted by Gasteiger charge is 2.26. The third-order valence-corrected chi connectivity index (χ3v) is 4.66. The Kier molecular flexibility index (Phi) is 5.27. The number of amides is 1. The number of ether oxygens (including phenoxy) is 1. The number of pyridine rings is 2. The average molecular weight is 359 g/mol. The lowest BCUT2D eigenvalue weighted by atomic mass is 10.1. The number of likely N-dealkylation sites (tertiary alicyclic amines) is 1. The second kappa shape index (κ2) is 7.45. The Morgan fingerprint density at radius 3 is 2.65 bits per heavy atom. The minimum Gasteiger partial charge on any atom is -0.481 e. The number of nitrogens with zero attached hydrogens (tertiary/aromatic N) is 3.